The Bertz CT molecular complexity index is 922. The monoisotopic (exact) mass is 334 g/mol. The Morgan fingerprint density at radius 3 is 2.68 bits per heavy atom. The highest BCUT2D eigenvalue weighted by Crippen LogP contribution is 2.26. The molecule has 0 unspecified atom stereocenters. The largest absolute Gasteiger partial charge is 0.326 e. The lowest BCUT2D eigenvalue weighted by atomic mass is 9.95. The molecule has 1 aromatic heterocycles. The molecular formula is C20H22N4O. The molecule has 0 amide bonds. The van der Waals surface area contributed by atoms with Crippen LogP contribution in [0.1, 0.15) is 17.3 Å². The van der Waals surface area contributed by atoms with Crippen LogP contribution in [-0.2, 0) is 6.42 Å². The number of rotatable bonds is 4. The predicted molar refractivity (Wildman–Crippen MR) is 99.7 cm³/mol. The molecule has 5 heteroatoms. The Morgan fingerprint density at radius 1 is 1.08 bits per heavy atom. The molecule has 3 aromatic rings. The van der Waals surface area contributed by atoms with Crippen LogP contribution in [-0.4, -0.2) is 40.5 Å². The highest BCUT2D eigenvalue weighted by atomic mass is 16.1. The van der Waals surface area contributed by atoms with Crippen molar-refractivity contribution in [2.75, 3.05) is 19.6 Å². The molecule has 5 nitrogen and oxygen atoms in total. The molecule has 0 radical (unpaired) electrons. The van der Waals surface area contributed by atoms with Crippen molar-refractivity contribution in [1.29, 1.82) is 0 Å². The number of aromatic nitrogens is 2. The summed E-state index contributed by atoms with van der Waals surface area (Å²) >= 11 is 0. The molecule has 2 atom stereocenters. The van der Waals surface area contributed by atoms with E-state index >= 15 is 0 Å². The number of para-hydroxylation sites is 1. The number of aromatic amines is 1. The van der Waals surface area contributed by atoms with Crippen LogP contribution < -0.4 is 11.3 Å². The Hall–Kier alpha value is -2.50. The molecule has 0 spiro atoms. The van der Waals surface area contributed by atoms with Crippen molar-refractivity contribution in [3.63, 3.8) is 0 Å². The molecule has 1 aliphatic heterocycles. The summed E-state index contributed by atoms with van der Waals surface area (Å²) in [5, 5.41) is 0.638. The Kier molecular flexibility index (Phi) is 4.34. The highest BCUT2D eigenvalue weighted by Gasteiger charge is 2.30. The smallest absolute Gasteiger partial charge is 0.258 e. The third-order valence-corrected chi connectivity index (χ3v) is 5.00. The fraction of sp³-hybridized carbons (Fsp3) is 0.300. The van der Waals surface area contributed by atoms with Gasteiger partial charge in [0.2, 0.25) is 0 Å². The van der Waals surface area contributed by atoms with E-state index in [-0.39, 0.29) is 11.6 Å². The van der Waals surface area contributed by atoms with Crippen LogP contribution in [0.4, 0.5) is 0 Å². The van der Waals surface area contributed by atoms with Gasteiger partial charge in [0.1, 0.15) is 5.82 Å². The van der Waals surface area contributed by atoms with Gasteiger partial charge in [0.15, 0.2) is 0 Å². The van der Waals surface area contributed by atoms with Crippen molar-refractivity contribution in [1.82, 2.24) is 14.9 Å². The number of hydrogen-bond acceptors (Lipinski definition) is 4. The van der Waals surface area contributed by atoms with E-state index in [0.717, 1.165) is 31.0 Å². The molecule has 1 aliphatic rings. The van der Waals surface area contributed by atoms with Crippen molar-refractivity contribution >= 4 is 10.9 Å². The standard InChI is InChI=1S/C20H22N4O/c21-17-13-24(12-16(17)14-6-2-1-3-7-14)11-10-19-22-18-9-5-4-8-15(18)20(25)23-19/h1-9,16-17H,10-13,21H2,(H,22,23,25)/t16-,17+/m0/s1. The fourth-order valence-corrected chi connectivity index (χ4v) is 3.67. The normalized spacial score (nSPS) is 21.0. The van der Waals surface area contributed by atoms with E-state index in [2.05, 4.69) is 39.1 Å². The topological polar surface area (TPSA) is 75.0 Å². The van der Waals surface area contributed by atoms with Crippen LogP contribution in [0.25, 0.3) is 10.9 Å². The first-order valence-electron chi connectivity index (χ1n) is 8.71. The average Bonchev–Trinajstić information content (AvgIpc) is 3.02. The highest BCUT2D eigenvalue weighted by molar-refractivity contribution is 5.77. The molecule has 2 aromatic carbocycles. The molecule has 0 bridgehead atoms. The van der Waals surface area contributed by atoms with Crippen LogP contribution in [0, 0.1) is 0 Å². The second-order valence-corrected chi connectivity index (χ2v) is 6.72. The molecule has 128 valence electrons. The zero-order valence-electron chi connectivity index (χ0n) is 14.1. The number of likely N-dealkylation sites (tertiary alicyclic amines) is 1. The maximum Gasteiger partial charge on any atom is 0.258 e. The summed E-state index contributed by atoms with van der Waals surface area (Å²) in [5.41, 5.74) is 8.34. The predicted octanol–water partition coefficient (Wildman–Crippen LogP) is 1.89. The summed E-state index contributed by atoms with van der Waals surface area (Å²) in [6.07, 6.45) is 0.717. The summed E-state index contributed by atoms with van der Waals surface area (Å²) in [5.74, 6) is 1.10. The average molecular weight is 334 g/mol. The van der Waals surface area contributed by atoms with Gasteiger partial charge >= 0.3 is 0 Å². The molecule has 3 N–H and O–H groups in total. The zero-order valence-corrected chi connectivity index (χ0v) is 14.1. The lowest BCUT2D eigenvalue weighted by molar-refractivity contribution is 0.333. The summed E-state index contributed by atoms with van der Waals surface area (Å²) in [6.45, 7) is 2.67. The van der Waals surface area contributed by atoms with Crippen LogP contribution in [0.2, 0.25) is 0 Å². The van der Waals surface area contributed by atoms with Crippen molar-refractivity contribution in [2.24, 2.45) is 5.73 Å². The van der Waals surface area contributed by atoms with Gasteiger partial charge in [-0.2, -0.15) is 0 Å². The molecule has 4 rings (SSSR count). The van der Waals surface area contributed by atoms with E-state index in [4.69, 9.17) is 5.73 Å². The second-order valence-electron chi connectivity index (χ2n) is 6.72. The van der Waals surface area contributed by atoms with Crippen molar-refractivity contribution in [3.8, 4) is 0 Å². The van der Waals surface area contributed by atoms with Gasteiger partial charge in [-0.05, 0) is 17.7 Å². The van der Waals surface area contributed by atoms with Gasteiger partial charge < -0.3 is 15.6 Å². The van der Waals surface area contributed by atoms with E-state index in [0.29, 0.717) is 17.7 Å². The van der Waals surface area contributed by atoms with Gasteiger partial charge in [0.05, 0.1) is 10.9 Å². The number of nitrogens with one attached hydrogen (secondary N) is 1. The Labute approximate surface area is 146 Å². The molecule has 2 heterocycles. The first kappa shape index (κ1) is 16.0. The van der Waals surface area contributed by atoms with Crippen molar-refractivity contribution < 1.29 is 0 Å². The van der Waals surface area contributed by atoms with Crippen LogP contribution >= 0.6 is 0 Å². The van der Waals surface area contributed by atoms with E-state index < -0.39 is 0 Å². The van der Waals surface area contributed by atoms with Gasteiger partial charge in [0.25, 0.3) is 5.56 Å². The third-order valence-electron chi connectivity index (χ3n) is 5.00. The number of H-pyrrole nitrogens is 1. The van der Waals surface area contributed by atoms with E-state index in [1.54, 1.807) is 6.07 Å². The first-order chi connectivity index (χ1) is 12.2. The Balaban J connectivity index is 1.45. The molecule has 1 fully saturated rings. The van der Waals surface area contributed by atoms with E-state index in [1.807, 2.05) is 24.3 Å². The Morgan fingerprint density at radius 2 is 1.84 bits per heavy atom. The lowest BCUT2D eigenvalue weighted by Crippen LogP contribution is -2.30. The van der Waals surface area contributed by atoms with E-state index in [1.165, 1.54) is 5.56 Å². The number of nitrogens with zero attached hydrogens (tertiary/aromatic N) is 2. The summed E-state index contributed by atoms with van der Waals surface area (Å²) in [4.78, 5) is 22.0. The van der Waals surface area contributed by atoms with Crippen LogP contribution in [0.3, 0.4) is 0 Å². The minimum Gasteiger partial charge on any atom is -0.326 e. The van der Waals surface area contributed by atoms with Crippen LogP contribution in [0.15, 0.2) is 59.4 Å². The van der Waals surface area contributed by atoms with E-state index in [9.17, 15) is 4.79 Å². The number of fused-ring (bicyclic) bond motifs is 1. The molecule has 0 saturated carbocycles. The minimum atomic E-state index is -0.0686. The number of hydrogen-bond donors (Lipinski definition) is 2. The lowest BCUT2D eigenvalue weighted by Gasteiger charge is -2.15. The third kappa shape index (κ3) is 3.34. The molecule has 25 heavy (non-hydrogen) atoms. The quantitative estimate of drug-likeness (QED) is 0.764. The molecule has 0 aliphatic carbocycles. The van der Waals surface area contributed by atoms with Gasteiger partial charge in [-0.3, -0.25) is 4.79 Å². The van der Waals surface area contributed by atoms with Crippen molar-refractivity contribution in [3.05, 3.63) is 76.3 Å². The van der Waals surface area contributed by atoms with Crippen LogP contribution in [0.5, 0.6) is 0 Å². The SMILES string of the molecule is N[C@@H]1CN(CCc2nc3ccccc3c(=O)[nH]2)C[C@H]1c1ccccc1. The fourth-order valence-electron chi connectivity index (χ4n) is 3.67. The summed E-state index contributed by atoms with van der Waals surface area (Å²) < 4.78 is 0. The maximum absolute atomic E-state index is 12.2. The van der Waals surface area contributed by atoms with Gasteiger partial charge in [-0.1, -0.05) is 42.5 Å². The number of nitrogens with two attached hydrogens (primary N) is 1. The maximum atomic E-state index is 12.2. The summed E-state index contributed by atoms with van der Waals surface area (Å²) in [6, 6.07) is 18.0. The van der Waals surface area contributed by atoms with Gasteiger partial charge in [0, 0.05) is 38.0 Å². The second kappa shape index (κ2) is 6.78. The minimum absolute atomic E-state index is 0.0686. The van der Waals surface area contributed by atoms with Crippen molar-refractivity contribution in [2.45, 2.75) is 18.4 Å². The first-order valence-corrected chi connectivity index (χ1v) is 8.71. The van der Waals surface area contributed by atoms with Gasteiger partial charge in [-0.25, -0.2) is 4.98 Å². The summed E-state index contributed by atoms with van der Waals surface area (Å²) in [7, 11) is 0. The number of benzene rings is 2. The van der Waals surface area contributed by atoms with Gasteiger partial charge in [-0.15, -0.1) is 0 Å². The zero-order chi connectivity index (χ0) is 17.2. The molecule has 1 saturated heterocycles. The molecular weight excluding hydrogens is 312 g/mol.